The number of phenols is 1. The number of aldehydes is 1. The van der Waals surface area contributed by atoms with E-state index in [9.17, 15) is 9.90 Å². The Bertz CT molecular complexity index is 297. The number of benzene rings is 1. The summed E-state index contributed by atoms with van der Waals surface area (Å²) in [6, 6.07) is 3.29. The van der Waals surface area contributed by atoms with Crippen LogP contribution >= 0.6 is 45.2 Å². The third-order valence-electron chi connectivity index (χ3n) is 1.22. The summed E-state index contributed by atoms with van der Waals surface area (Å²) in [4.78, 5) is 10.5. The van der Waals surface area contributed by atoms with Crippen LogP contribution in [-0.4, -0.2) is 11.4 Å². The molecule has 0 aliphatic carbocycles. The van der Waals surface area contributed by atoms with Gasteiger partial charge in [-0.2, -0.15) is 0 Å². The average Bonchev–Trinajstić information content (AvgIpc) is 1.99. The van der Waals surface area contributed by atoms with Crippen LogP contribution < -0.4 is 0 Å². The third-order valence-corrected chi connectivity index (χ3v) is 3.30. The number of carbonyl (C=O) groups excluding carboxylic acids is 1. The molecule has 1 aromatic carbocycles. The average molecular weight is 374 g/mol. The predicted molar refractivity (Wildman–Crippen MR) is 58.9 cm³/mol. The number of halogens is 2. The van der Waals surface area contributed by atoms with Crippen LogP contribution in [0.1, 0.15) is 10.4 Å². The molecule has 0 bridgehead atoms. The van der Waals surface area contributed by atoms with Gasteiger partial charge in [-0.15, -0.1) is 0 Å². The van der Waals surface area contributed by atoms with E-state index in [2.05, 4.69) is 22.6 Å². The van der Waals surface area contributed by atoms with Gasteiger partial charge >= 0.3 is 0 Å². The summed E-state index contributed by atoms with van der Waals surface area (Å²) in [5.41, 5.74) is 0.561. The van der Waals surface area contributed by atoms with E-state index >= 15 is 0 Å². The minimum atomic E-state index is 0.160. The molecule has 0 unspecified atom stereocenters. The highest BCUT2D eigenvalue weighted by Crippen LogP contribution is 2.25. The first-order chi connectivity index (χ1) is 5.16. The molecule has 0 aliphatic heterocycles. The fraction of sp³-hybridized carbons (Fsp3) is 0. The van der Waals surface area contributed by atoms with Gasteiger partial charge in [0.15, 0.2) is 6.29 Å². The largest absolute Gasteiger partial charge is 0.507 e. The second kappa shape index (κ2) is 3.70. The fourth-order valence-electron chi connectivity index (χ4n) is 0.666. The van der Waals surface area contributed by atoms with E-state index in [1.54, 1.807) is 12.1 Å². The highest BCUT2D eigenvalue weighted by Gasteiger charge is 2.06. The summed E-state index contributed by atoms with van der Waals surface area (Å²) < 4.78 is 1.48. The Hall–Kier alpha value is 0.150. The second-order valence-electron chi connectivity index (χ2n) is 1.91. The molecule has 0 aliphatic rings. The van der Waals surface area contributed by atoms with Gasteiger partial charge in [0.05, 0.1) is 3.57 Å². The molecule has 4 heteroatoms. The summed E-state index contributed by atoms with van der Waals surface area (Å²) in [5, 5.41) is 9.19. The van der Waals surface area contributed by atoms with E-state index < -0.39 is 0 Å². The Balaban J connectivity index is 3.40. The zero-order chi connectivity index (χ0) is 8.43. The van der Waals surface area contributed by atoms with Gasteiger partial charge in [0, 0.05) is 9.13 Å². The molecule has 11 heavy (non-hydrogen) atoms. The molecule has 0 heterocycles. The van der Waals surface area contributed by atoms with Gasteiger partial charge < -0.3 is 5.11 Å². The molecule has 0 fully saturated rings. The first-order valence-corrected chi connectivity index (χ1v) is 4.94. The minimum absolute atomic E-state index is 0.160. The molecule has 0 atom stereocenters. The minimum Gasteiger partial charge on any atom is -0.507 e. The SMILES string of the molecule is O=Cc1c(I)ccc(O)c1I. The predicted octanol–water partition coefficient (Wildman–Crippen LogP) is 2.41. The van der Waals surface area contributed by atoms with Crippen LogP contribution in [0.5, 0.6) is 5.75 Å². The van der Waals surface area contributed by atoms with E-state index in [0.717, 1.165) is 9.86 Å². The van der Waals surface area contributed by atoms with Crippen LogP contribution in [0.15, 0.2) is 12.1 Å². The number of hydrogen-bond acceptors (Lipinski definition) is 2. The highest BCUT2D eigenvalue weighted by atomic mass is 127. The van der Waals surface area contributed by atoms with Gasteiger partial charge in [-0.05, 0) is 57.3 Å². The van der Waals surface area contributed by atoms with E-state index in [-0.39, 0.29) is 5.75 Å². The van der Waals surface area contributed by atoms with Gasteiger partial charge in [-0.25, -0.2) is 0 Å². The van der Waals surface area contributed by atoms with Gasteiger partial charge in [-0.1, -0.05) is 0 Å². The lowest BCUT2D eigenvalue weighted by atomic mass is 10.2. The Morgan fingerprint density at radius 1 is 1.36 bits per heavy atom. The molecule has 1 aromatic rings. The van der Waals surface area contributed by atoms with E-state index in [4.69, 9.17) is 0 Å². The van der Waals surface area contributed by atoms with Gasteiger partial charge in [-0.3, -0.25) is 4.79 Å². The molecule has 0 radical (unpaired) electrons. The Kier molecular flexibility index (Phi) is 3.11. The Morgan fingerprint density at radius 3 is 2.45 bits per heavy atom. The molecule has 0 saturated carbocycles. The van der Waals surface area contributed by atoms with Crippen molar-refractivity contribution in [3.05, 3.63) is 24.8 Å². The van der Waals surface area contributed by atoms with Gasteiger partial charge in [0.2, 0.25) is 0 Å². The molecule has 0 spiro atoms. The summed E-state index contributed by atoms with van der Waals surface area (Å²) in [7, 11) is 0. The lowest BCUT2D eigenvalue weighted by Gasteiger charge is -2.01. The maximum Gasteiger partial charge on any atom is 0.152 e. The quantitative estimate of drug-likeness (QED) is 0.606. The van der Waals surface area contributed by atoms with Crippen LogP contribution in [-0.2, 0) is 0 Å². The van der Waals surface area contributed by atoms with Crippen molar-refractivity contribution in [3.8, 4) is 5.75 Å². The molecule has 1 rings (SSSR count). The van der Waals surface area contributed by atoms with Crippen molar-refractivity contribution in [2.75, 3.05) is 0 Å². The third kappa shape index (κ3) is 1.84. The fourth-order valence-corrected chi connectivity index (χ4v) is 2.36. The lowest BCUT2D eigenvalue weighted by molar-refractivity contribution is 0.112. The zero-order valence-electron chi connectivity index (χ0n) is 5.34. The van der Waals surface area contributed by atoms with Crippen LogP contribution in [0.2, 0.25) is 0 Å². The topological polar surface area (TPSA) is 37.3 Å². The Morgan fingerprint density at radius 2 is 2.00 bits per heavy atom. The first-order valence-electron chi connectivity index (χ1n) is 2.79. The zero-order valence-corrected chi connectivity index (χ0v) is 9.66. The number of rotatable bonds is 1. The molecule has 1 N–H and O–H groups in total. The molecule has 0 amide bonds. The van der Waals surface area contributed by atoms with Crippen molar-refractivity contribution in [1.29, 1.82) is 0 Å². The summed E-state index contributed by atoms with van der Waals surface area (Å²) in [5.74, 6) is 0.160. The normalized spacial score (nSPS) is 9.64. The lowest BCUT2D eigenvalue weighted by Crippen LogP contribution is -1.90. The molecule has 2 nitrogen and oxygen atoms in total. The van der Waals surface area contributed by atoms with Crippen molar-refractivity contribution in [2.45, 2.75) is 0 Å². The van der Waals surface area contributed by atoms with Crippen LogP contribution in [0, 0.1) is 7.14 Å². The number of phenolic OH excluding ortho intramolecular Hbond substituents is 1. The van der Waals surface area contributed by atoms with E-state index in [1.807, 2.05) is 22.6 Å². The number of aromatic hydroxyl groups is 1. The molecule has 0 saturated heterocycles. The second-order valence-corrected chi connectivity index (χ2v) is 4.15. The number of carbonyl (C=O) groups is 1. The standard InChI is InChI=1S/C7H4I2O2/c8-5-1-2-6(11)7(9)4(5)3-10/h1-3,11H. The van der Waals surface area contributed by atoms with Crippen LogP contribution in [0.3, 0.4) is 0 Å². The first kappa shape index (κ1) is 9.24. The summed E-state index contributed by atoms with van der Waals surface area (Å²) in [6.07, 6.45) is 0.753. The Labute approximate surface area is 91.3 Å². The van der Waals surface area contributed by atoms with Crippen LogP contribution in [0.25, 0.3) is 0 Å². The molecule has 58 valence electrons. The van der Waals surface area contributed by atoms with E-state index in [0.29, 0.717) is 9.13 Å². The molecule has 0 aromatic heterocycles. The monoisotopic (exact) mass is 374 g/mol. The summed E-state index contributed by atoms with van der Waals surface area (Å²) >= 11 is 4.00. The van der Waals surface area contributed by atoms with Crippen molar-refractivity contribution >= 4 is 51.5 Å². The van der Waals surface area contributed by atoms with Crippen molar-refractivity contribution in [2.24, 2.45) is 0 Å². The van der Waals surface area contributed by atoms with Crippen molar-refractivity contribution in [1.82, 2.24) is 0 Å². The van der Waals surface area contributed by atoms with Gasteiger partial charge in [0.1, 0.15) is 5.75 Å². The number of hydrogen-bond donors (Lipinski definition) is 1. The maximum atomic E-state index is 10.5. The smallest absolute Gasteiger partial charge is 0.152 e. The highest BCUT2D eigenvalue weighted by molar-refractivity contribution is 14.1. The van der Waals surface area contributed by atoms with Gasteiger partial charge in [0.25, 0.3) is 0 Å². The molecular formula is C7H4I2O2. The van der Waals surface area contributed by atoms with Crippen molar-refractivity contribution in [3.63, 3.8) is 0 Å². The molecular weight excluding hydrogens is 370 g/mol. The maximum absolute atomic E-state index is 10.5. The van der Waals surface area contributed by atoms with E-state index in [1.165, 1.54) is 0 Å². The van der Waals surface area contributed by atoms with Crippen LogP contribution in [0.4, 0.5) is 0 Å². The summed E-state index contributed by atoms with van der Waals surface area (Å²) in [6.45, 7) is 0. The van der Waals surface area contributed by atoms with Crippen molar-refractivity contribution < 1.29 is 9.90 Å².